The maximum absolute atomic E-state index is 11.3. The van der Waals surface area contributed by atoms with Crippen LogP contribution in [0.4, 0.5) is 0 Å². The van der Waals surface area contributed by atoms with E-state index >= 15 is 0 Å². The molecule has 25 heavy (non-hydrogen) atoms. The SMILES string of the molecule is O=c1ccc2cc(OCCCCCc3ccc(Cl)c(Cl)c3)ccc2[nH]1. The number of H-pyrrole nitrogens is 1. The van der Waals surface area contributed by atoms with E-state index in [9.17, 15) is 4.79 Å². The Labute approximate surface area is 156 Å². The van der Waals surface area contributed by atoms with Crippen molar-refractivity contribution in [1.82, 2.24) is 4.98 Å². The molecule has 0 unspecified atom stereocenters. The second-order valence-corrected chi connectivity index (χ2v) is 6.79. The van der Waals surface area contributed by atoms with Crippen molar-refractivity contribution in [2.45, 2.75) is 25.7 Å². The second-order valence-electron chi connectivity index (χ2n) is 5.98. The van der Waals surface area contributed by atoms with Crippen molar-refractivity contribution >= 4 is 34.1 Å². The molecule has 0 spiro atoms. The molecule has 0 atom stereocenters. The Balaban J connectivity index is 1.41. The van der Waals surface area contributed by atoms with Crippen molar-refractivity contribution in [3.63, 3.8) is 0 Å². The molecule has 0 radical (unpaired) electrons. The molecular formula is C20H19Cl2NO2. The summed E-state index contributed by atoms with van der Waals surface area (Å²) in [5.41, 5.74) is 1.93. The molecule has 0 saturated heterocycles. The highest BCUT2D eigenvalue weighted by Crippen LogP contribution is 2.23. The molecule has 0 aliphatic rings. The maximum atomic E-state index is 11.3. The third kappa shape index (κ3) is 5.00. The van der Waals surface area contributed by atoms with Gasteiger partial charge in [-0.1, -0.05) is 29.3 Å². The van der Waals surface area contributed by atoms with Crippen LogP contribution < -0.4 is 10.3 Å². The van der Waals surface area contributed by atoms with Gasteiger partial charge in [-0.2, -0.15) is 0 Å². The van der Waals surface area contributed by atoms with E-state index in [4.69, 9.17) is 27.9 Å². The van der Waals surface area contributed by atoms with Gasteiger partial charge < -0.3 is 9.72 Å². The zero-order valence-electron chi connectivity index (χ0n) is 13.7. The number of halogens is 2. The first-order valence-electron chi connectivity index (χ1n) is 8.32. The van der Waals surface area contributed by atoms with Crippen molar-refractivity contribution in [3.05, 3.63) is 74.5 Å². The Kier molecular flexibility index (Phi) is 6.00. The van der Waals surface area contributed by atoms with Gasteiger partial charge in [0.1, 0.15) is 5.75 Å². The van der Waals surface area contributed by atoms with Crippen LogP contribution in [0.3, 0.4) is 0 Å². The average Bonchev–Trinajstić information content (AvgIpc) is 2.61. The largest absolute Gasteiger partial charge is 0.494 e. The maximum Gasteiger partial charge on any atom is 0.248 e. The predicted molar refractivity (Wildman–Crippen MR) is 104 cm³/mol. The van der Waals surface area contributed by atoms with E-state index in [-0.39, 0.29) is 5.56 Å². The first kappa shape index (κ1) is 17.8. The molecule has 0 bridgehead atoms. The number of ether oxygens (including phenoxy) is 1. The summed E-state index contributed by atoms with van der Waals surface area (Å²) in [5, 5.41) is 2.18. The van der Waals surface area contributed by atoms with Gasteiger partial charge in [-0.15, -0.1) is 0 Å². The molecule has 2 aromatic carbocycles. The van der Waals surface area contributed by atoms with Crippen molar-refractivity contribution in [2.24, 2.45) is 0 Å². The van der Waals surface area contributed by atoms with Gasteiger partial charge in [0.15, 0.2) is 0 Å². The van der Waals surface area contributed by atoms with Crippen LogP contribution in [0.15, 0.2) is 53.3 Å². The molecule has 0 aliphatic heterocycles. The number of fused-ring (bicyclic) bond motifs is 1. The van der Waals surface area contributed by atoms with Gasteiger partial charge in [0.2, 0.25) is 5.56 Å². The lowest BCUT2D eigenvalue weighted by Crippen LogP contribution is -2.02. The predicted octanol–water partition coefficient (Wildman–Crippen LogP) is 5.63. The van der Waals surface area contributed by atoms with E-state index in [1.165, 1.54) is 11.6 Å². The minimum atomic E-state index is -0.0943. The van der Waals surface area contributed by atoms with Gasteiger partial charge in [-0.25, -0.2) is 0 Å². The number of hydrogen-bond acceptors (Lipinski definition) is 2. The number of aromatic nitrogens is 1. The quantitative estimate of drug-likeness (QED) is 0.543. The van der Waals surface area contributed by atoms with Crippen LogP contribution in [0.5, 0.6) is 5.75 Å². The summed E-state index contributed by atoms with van der Waals surface area (Å²) in [7, 11) is 0. The lowest BCUT2D eigenvalue weighted by atomic mass is 10.1. The Bertz CT molecular complexity index is 921. The van der Waals surface area contributed by atoms with Gasteiger partial charge in [-0.05, 0) is 67.6 Å². The minimum Gasteiger partial charge on any atom is -0.494 e. The van der Waals surface area contributed by atoms with Crippen LogP contribution in [0, 0.1) is 0 Å². The number of benzene rings is 2. The molecule has 1 N–H and O–H groups in total. The Morgan fingerprint density at radius 2 is 1.76 bits per heavy atom. The molecule has 0 saturated carbocycles. The molecular weight excluding hydrogens is 357 g/mol. The van der Waals surface area contributed by atoms with Gasteiger partial charge in [0.05, 0.1) is 16.7 Å². The lowest BCUT2D eigenvalue weighted by molar-refractivity contribution is 0.305. The number of unbranched alkanes of at least 4 members (excludes halogenated alkanes) is 2. The Hall–Kier alpha value is -1.97. The van der Waals surface area contributed by atoms with Crippen LogP contribution in [-0.2, 0) is 6.42 Å². The highest BCUT2D eigenvalue weighted by atomic mass is 35.5. The average molecular weight is 376 g/mol. The number of aryl methyl sites for hydroxylation is 1. The summed E-state index contributed by atoms with van der Waals surface area (Å²) in [6.45, 7) is 0.677. The zero-order valence-corrected chi connectivity index (χ0v) is 15.2. The van der Waals surface area contributed by atoms with Gasteiger partial charge in [0.25, 0.3) is 0 Å². The molecule has 1 heterocycles. The highest BCUT2D eigenvalue weighted by Gasteiger charge is 2.01. The van der Waals surface area contributed by atoms with Crippen molar-refractivity contribution in [2.75, 3.05) is 6.61 Å². The lowest BCUT2D eigenvalue weighted by Gasteiger charge is -2.07. The van der Waals surface area contributed by atoms with Crippen LogP contribution in [-0.4, -0.2) is 11.6 Å². The summed E-state index contributed by atoms with van der Waals surface area (Å²) in [6.07, 6.45) is 4.15. The third-order valence-corrected chi connectivity index (χ3v) is 4.80. The number of rotatable bonds is 7. The molecule has 3 nitrogen and oxygen atoms in total. The normalized spacial score (nSPS) is 11.0. The van der Waals surface area contributed by atoms with Gasteiger partial charge >= 0.3 is 0 Å². The van der Waals surface area contributed by atoms with E-state index in [1.807, 2.05) is 36.4 Å². The van der Waals surface area contributed by atoms with E-state index in [1.54, 1.807) is 6.07 Å². The fourth-order valence-corrected chi connectivity index (χ4v) is 3.04. The van der Waals surface area contributed by atoms with Crippen LogP contribution in [0.1, 0.15) is 24.8 Å². The topological polar surface area (TPSA) is 42.1 Å². The summed E-state index contributed by atoms with van der Waals surface area (Å²) in [6, 6.07) is 14.8. The number of nitrogens with one attached hydrogen (secondary N) is 1. The van der Waals surface area contributed by atoms with E-state index in [2.05, 4.69) is 4.98 Å². The summed E-state index contributed by atoms with van der Waals surface area (Å²) in [5.74, 6) is 0.823. The standard InChI is InChI=1S/C20H19Cl2NO2/c21-17-8-5-14(12-18(17)22)4-2-1-3-11-25-16-7-9-19-15(13-16)6-10-20(24)23-19/h5-10,12-13H,1-4,11H2,(H,23,24). The molecule has 3 aromatic rings. The number of hydrogen-bond donors (Lipinski definition) is 1. The zero-order chi connectivity index (χ0) is 17.6. The van der Waals surface area contributed by atoms with Crippen molar-refractivity contribution in [1.29, 1.82) is 0 Å². The summed E-state index contributed by atoms with van der Waals surface area (Å²) in [4.78, 5) is 14.1. The molecule has 0 aliphatic carbocycles. The Morgan fingerprint density at radius 3 is 2.60 bits per heavy atom. The highest BCUT2D eigenvalue weighted by molar-refractivity contribution is 6.42. The molecule has 5 heteroatoms. The van der Waals surface area contributed by atoms with Crippen molar-refractivity contribution in [3.8, 4) is 5.75 Å². The summed E-state index contributed by atoms with van der Waals surface area (Å²) < 4.78 is 5.80. The van der Waals surface area contributed by atoms with Crippen LogP contribution in [0.2, 0.25) is 10.0 Å². The fourth-order valence-electron chi connectivity index (χ4n) is 2.72. The molecule has 0 fully saturated rings. The summed E-state index contributed by atoms with van der Waals surface area (Å²) >= 11 is 11.9. The smallest absolute Gasteiger partial charge is 0.248 e. The molecule has 3 rings (SSSR count). The molecule has 0 amide bonds. The monoisotopic (exact) mass is 375 g/mol. The van der Waals surface area contributed by atoms with E-state index < -0.39 is 0 Å². The van der Waals surface area contributed by atoms with Gasteiger partial charge in [0, 0.05) is 17.0 Å². The first-order chi connectivity index (χ1) is 12.1. The number of pyridine rings is 1. The Morgan fingerprint density at radius 1 is 0.880 bits per heavy atom. The second kappa shape index (κ2) is 8.41. The van der Waals surface area contributed by atoms with Crippen molar-refractivity contribution < 1.29 is 4.74 Å². The first-order valence-corrected chi connectivity index (χ1v) is 9.07. The fraction of sp³-hybridized carbons (Fsp3) is 0.250. The third-order valence-electron chi connectivity index (χ3n) is 4.06. The molecule has 130 valence electrons. The number of aromatic amines is 1. The van der Waals surface area contributed by atoms with E-state index in [0.29, 0.717) is 16.7 Å². The minimum absolute atomic E-state index is 0.0943. The van der Waals surface area contributed by atoms with Crippen LogP contribution in [0.25, 0.3) is 10.9 Å². The van der Waals surface area contributed by atoms with Gasteiger partial charge in [-0.3, -0.25) is 4.79 Å². The van der Waals surface area contributed by atoms with E-state index in [0.717, 1.165) is 42.3 Å². The molecule has 1 aromatic heterocycles. The van der Waals surface area contributed by atoms with Crippen LogP contribution >= 0.6 is 23.2 Å².